The molecule has 0 fully saturated rings. The number of rotatable bonds is 3. The highest BCUT2D eigenvalue weighted by molar-refractivity contribution is 5.77. The first-order valence-electron chi connectivity index (χ1n) is 5.48. The SMILES string of the molecule is C/C=C\c1ccc(O)c(/C=C\C)c1/C=C\C. The van der Waals surface area contributed by atoms with Crippen molar-refractivity contribution in [3.8, 4) is 5.75 Å². The lowest BCUT2D eigenvalue weighted by molar-refractivity contribution is 0.474. The highest BCUT2D eigenvalue weighted by Gasteiger charge is 2.06. The van der Waals surface area contributed by atoms with Crippen molar-refractivity contribution in [2.75, 3.05) is 0 Å². The van der Waals surface area contributed by atoms with Crippen LogP contribution in [0.4, 0.5) is 0 Å². The maximum Gasteiger partial charge on any atom is 0.123 e. The molecule has 0 radical (unpaired) electrons. The van der Waals surface area contributed by atoms with Gasteiger partial charge in [-0.2, -0.15) is 0 Å². The monoisotopic (exact) mass is 214 g/mol. The lowest BCUT2D eigenvalue weighted by atomic mass is 9.98. The van der Waals surface area contributed by atoms with Crippen LogP contribution in [0.1, 0.15) is 37.5 Å². The first-order chi connectivity index (χ1) is 7.74. The van der Waals surface area contributed by atoms with Gasteiger partial charge in [0.25, 0.3) is 0 Å². The van der Waals surface area contributed by atoms with Crippen LogP contribution in [0.15, 0.2) is 30.4 Å². The minimum absolute atomic E-state index is 0.319. The van der Waals surface area contributed by atoms with E-state index in [1.807, 2.05) is 63.3 Å². The lowest BCUT2D eigenvalue weighted by Gasteiger charge is -2.08. The van der Waals surface area contributed by atoms with E-state index >= 15 is 0 Å². The van der Waals surface area contributed by atoms with Gasteiger partial charge >= 0.3 is 0 Å². The maximum absolute atomic E-state index is 9.83. The van der Waals surface area contributed by atoms with Gasteiger partial charge in [0.05, 0.1) is 0 Å². The Morgan fingerprint density at radius 3 is 1.94 bits per heavy atom. The molecule has 0 aliphatic heterocycles. The molecular weight excluding hydrogens is 196 g/mol. The van der Waals surface area contributed by atoms with Gasteiger partial charge in [-0.1, -0.05) is 42.5 Å². The van der Waals surface area contributed by atoms with Crippen molar-refractivity contribution >= 4 is 18.2 Å². The van der Waals surface area contributed by atoms with Crippen molar-refractivity contribution in [1.82, 2.24) is 0 Å². The Bertz CT molecular complexity index is 437. The maximum atomic E-state index is 9.83. The van der Waals surface area contributed by atoms with Crippen molar-refractivity contribution in [3.63, 3.8) is 0 Å². The van der Waals surface area contributed by atoms with Gasteiger partial charge in [0.15, 0.2) is 0 Å². The largest absolute Gasteiger partial charge is 0.507 e. The first kappa shape index (κ1) is 12.3. The minimum atomic E-state index is 0.319. The van der Waals surface area contributed by atoms with E-state index in [4.69, 9.17) is 0 Å². The number of hydrogen-bond acceptors (Lipinski definition) is 1. The Balaban J connectivity index is 3.48. The van der Waals surface area contributed by atoms with Crippen molar-refractivity contribution in [3.05, 3.63) is 47.1 Å². The molecule has 0 bridgehead atoms. The zero-order valence-electron chi connectivity index (χ0n) is 10.1. The van der Waals surface area contributed by atoms with Gasteiger partial charge in [0.1, 0.15) is 5.75 Å². The molecule has 1 aromatic rings. The van der Waals surface area contributed by atoms with E-state index in [0.717, 1.165) is 16.7 Å². The number of hydrogen-bond donors (Lipinski definition) is 1. The van der Waals surface area contributed by atoms with Gasteiger partial charge in [-0.05, 0) is 38.0 Å². The predicted octanol–water partition coefficient (Wildman–Crippen LogP) is 4.49. The summed E-state index contributed by atoms with van der Waals surface area (Å²) in [6.07, 6.45) is 11.9. The summed E-state index contributed by atoms with van der Waals surface area (Å²) in [5.74, 6) is 0.319. The quantitative estimate of drug-likeness (QED) is 0.785. The number of aromatic hydroxyl groups is 1. The summed E-state index contributed by atoms with van der Waals surface area (Å²) in [6, 6.07) is 3.66. The lowest BCUT2D eigenvalue weighted by Crippen LogP contribution is -1.87. The summed E-state index contributed by atoms with van der Waals surface area (Å²) in [4.78, 5) is 0. The van der Waals surface area contributed by atoms with Gasteiger partial charge < -0.3 is 5.11 Å². The average molecular weight is 214 g/mol. The fourth-order valence-electron chi connectivity index (χ4n) is 1.66. The van der Waals surface area contributed by atoms with Gasteiger partial charge in [0, 0.05) is 5.56 Å². The standard InChI is InChI=1S/C15H18O/c1-4-7-12-10-11-15(16)14(9-6-3)13(12)8-5-2/h4-11,16H,1-3H3/b7-4-,8-5-,9-6-. The third-order valence-corrected chi connectivity index (χ3v) is 2.31. The summed E-state index contributed by atoms with van der Waals surface area (Å²) in [5.41, 5.74) is 3.04. The van der Waals surface area contributed by atoms with Gasteiger partial charge in [-0.3, -0.25) is 0 Å². The molecule has 1 heteroatoms. The Morgan fingerprint density at radius 2 is 1.38 bits per heavy atom. The van der Waals surface area contributed by atoms with Crippen LogP contribution >= 0.6 is 0 Å². The van der Waals surface area contributed by atoms with E-state index in [2.05, 4.69) is 0 Å². The Hall–Kier alpha value is -1.76. The second kappa shape index (κ2) is 5.96. The molecule has 0 saturated carbocycles. The van der Waals surface area contributed by atoms with Crippen LogP contribution in [0.2, 0.25) is 0 Å². The molecule has 1 nitrogen and oxygen atoms in total. The molecule has 1 aromatic carbocycles. The van der Waals surface area contributed by atoms with E-state index < -0.39 is 0 Å². The molecule has 1 N–H and O–H groups in total. The van der Waals surface area contributed by atoms with E-state index in [-0.39, 0.29) is 0 Å². The third-order valence-electron chi connectivity index (χ3n) is 2.31. The second-order valence-corrected chi connectivity index (χ2v) is 3.50. The van der Waals surface area contributed by atoms with E-state index in [1.165, 1.54) is 0 Å². The zero-order chi connectivity index (χ0) is 12.0. The highest BCUT2D eigenvalue weighted by atomic mass is 16.3. The van der Waals surface area contributed by atoms with Crippen LogP contribution in [0, 0.1) is 0 Å². The van der Waals surface area contributed by atoms with E-state index in [9.17, 15) is 5.11 Å². The fourth-order valence-corrected chi connectivity index (χ4v) is 1.66. The summed E-state index contributed by atoms with van der Waals surface area (Å²) >= 11 is 0. The van der Waals surface area contributed by atoms with Crippen LogP contribution in [0.25, 0.3) is 18.2 Å². The molecule has 0 saturated heterocycles. The third kappa shape index (κ3) is 2.63. The molecule has 0 heterocycles. The van der Waals surface area contributed by atoms with Crippen LogP contribution in [-0.2, 0) is 0 Å². The van der Waals surface area contributed by atoms with Crippen LogP contribution < -0.4 is 0 Å². The molecule has 0 atom stereocenters. The van der Waals surface area contributed by atoms with Gasteiger partial charge in [-0.25, -0.2) is 0 Å². The fraction of sp³-hybridized carbons (Fsp3) is 0.200. The minimum Gasteiger partial charge on any atom is -0.507 e. The summed E-state index contributed by atoms with van der Waals surface area (Å²) in [5, 5.41) is 9.83. The van der Waals surface area contributed by atoms with E-state index in [1.54, 1.807) is 6.07 Å². The predicted molar refractivity (Wildman–Crippen MR) is 72.2 cm³/mol. The topological polar surface area (TPSA) is 20.2 Å². The van der Waals surface area contributed by atoms with Crippen LogP contribution in [0.3, 0.4) is 0 Å². The first-order valence-corrected chi connectivity index (χ1v) is 5.48. The average Bonchev–Trinajstić information content (AvgIpc) is 2.27. The Morgan fingerprint density at radius 1 is 0.812 bits per heavy atom. The molecule has 0 spiro atoms. The zero-order valence-corrected chi connectivity index (χ0v) is 10.1. The molecule has 16 heavy (non-hydrogen) atoms. The van der Waals surface area contributed by atoms with Crippen molar-refractivity contribution < 1.29 is 5.11 Å². The summed E-state index contributed by atoms with van der Waals surface area (Å²) < 4.78 is 0. The number of phenols is 1. The summed E-state index contributed by atoms with van der Waals surface area (Å²) in [7, 11) is 0. The van der Waals surface area contributed by atoms with Crippen LogP contribution in [-0.4, -0.2) is 5.11 Å². The van der Waals surface area contributed by atoms with E-state index in [0.29, 0.717) is 5.75 Å². The molecular formula is C15H18O. The smallest absolute Gasteiger partial charge is 0.123 e. The molecule has 0 aliphatic carbocycles. The number of phenolic OH excluding ortho intramolecular Hbond substituents is 1. The Kier molecular flexibility index (Phi) is 4.59. The molecule has 1 rings (SSSR count). The second-order valence-electron chi connectivity index (χ2n) is 3.50. The normalized spacial score (nSPS) is 12.2. The molecule has 0 amide bonds. The Labute approximate surface area is 97.4 Å². The highest BCUT2D eigenvalue weighted by Crippen LogP contribution is 2.28. The number of allylic oxidation sites excluding steroid dienone is 3. The molecule has 0 aliphatic rings. The van der Waals surface area contributed by atoms with Crippen molar-refractivity contribution in [1.29, 1.82) is 0 Å². The van der Waals surface area contributed by atoms with Gasteiger partial charge in [0.2, 0.25) is 0 Å². The van der Waals surface area contributed by atoms with Gasteiger partial charge in [-0.15, -0.1) is 0 Å². The summed E-state index contributed by atoms with van der Waals surface area (Å²) in [6.45, 7) is 5.91. The van der Waals surface area contributed by atoms with Crippen molar-refractivity contribution in [2.45, 2.75) is 20.8 Å². The molecule has 84 valence electrons. The molecule has 0 aromatic heterocycles. The van der Waals surface area contributed by atoms with Crippen LogP contribution in [0.5, 0.6) is 5.75 Å². The van der Waals surface area contributed by atoms with Crippen molar-refractivity contribution in [2.24, 2.45) is 0 Å². The number of benzene rings is 1. The molecule has 0 unspecified atom stereocenters.